The largest absolute Gasteiger partial charge is 0.435 e. The molecule has 2 unspecified atom stereocenters. The Hall–Kier alpha value is -1.67. The van der Waals surface area contributed by atoms with Crippen LogP contribution in [0.5, 0.6) is 5.75 Å². The van der Waals surface area contributed by atoms with Gasteiger partial charge in [-0.2, -0.15) is 79.0 Å². The molecule has 54 heavy (non-hydrogen) atoms. The molecule has 1 aromatic rings. The number of ether oxygens (including phenoxy) is 4. The van der Waals surface area contributed by atoms with Crippen molar-refractivity contribution in [1.29, 1.82) is 0 Å². The Labute approximate surface area is 308 Å². The van der Waals surface area contributed by atoms with Crippen molar-refractivity contribution in [3.63, 3.8) is 0 Å². The smallest absolute Gasteiger partial charge is 0.428 e. The van der Waals surface area contributed by atoms with Crippen LogP contribution in [0.2, 0.25) is 0 Å². The molecule has 3 aliphatic carbocycles. The van der Waals surface area contributed by atoms with Crippen molar-refractivity contribution >= 4 is 23.0 Å². The molecule has 2 fully saturated rings. The first-order valence-electron chi connectivity index (χ1n) is 15.7. The van der Waals surface area contributed by atoms with Gasteiger partial charge in [0.1, 0.15) is 5.75 Å². The maximum absolute atomic E-state index is 13.4. The summed E-state index contributed by atoms with van der Waals surface area (Å²) in [7, 11) is 0. The van der Waals surface area contributed by atoms with Crippen molar-refractivity contribution < 1.29 is 101 Å². The molecule has 0 heterocycles. The molecule has 5 nitrogen and oxygen atoms in total. The fraction of sp³-hybridized carbons (Fsp3) is 0.800. The van der Waals surface area contributed by atoms with Crippen LogP contribution in [0.25, 0.3) is 0 Å². The molecule has 0 bridgehead atoms. The molecule has 0 saturated heterocycles. The Bertz CT molecular complexity index is 1380. The Kier molecular flexibility index (Phi) is 12.4. The minimum absolute atomic E-state index is 0.154. The van der Waals surface area contributed by atoms with E-state index in [2.05, 4.69) is 9.47 Å². The first-order chi connectivity index (χ1) is 24.4. The number of rotatable bonds is 11. The zero-order chi connectivity index (χ0) is 41.1. The van der Waals surface area contributed by atoms with E-state index < -0.39 is 98.2 Å². The van der Waals surface area contributed by atoms with Gasteiger partial charge in [-0.3, -0.25) is 0 Å². The summed E-state index contributed by atoms with van der Waals surface area (Å²) in [6.45, 7) is -5.18. The van der Waals surface area contributed by atoms with Crippen molar-refractivity contribution in [3.8, 4) is 5.75 Å². The van der Waals surface area contributed by atoms with Gasteiger partial charge in [0, 0.05) is 0 Å². The summed E-state index contributed by atoms with van der Waals surface area (Å²) in [6, 6.07) is 5.28. The molecule has 2 saturated carbocycles. The molecule has 3 aliphatic rings. The van der Waals surface area contributed by atoms with Gasteiger partial charge in [-0.15, -0.1) is 0 Å². The van der Waals surface area contributed by atoms with E-state index in [-0.39, 0.29) is 24.7 Å². The first kappa shape index (κ1) is 45.0. The molecule has 6 atom stereocenters. The first-order valence-corrected chi connectivity index (χ1v) is 16.6. The monoisotopic (exact) mass is 938 g/mol. The van der Waals surface area contributed by atoms with Crippen molar-refractivity contribution in [2.75, 3.05) is 26.4 Å². The third kappa shape index (κ3) is 7.67. The number of halogens is 19. The topological polar surface area (TPSA) is 46.2 Å². The highest BCUT2D eigenvalue weighted by atomic mass is 127. The van der Waals surface area contributed by atoms with E-state index in [0.29, 0.717) is 25.0 Å². The molecule has 0 radical (unpaired) electrons. The van der Waals surface area contributed by atoms with Gasteiger partial charge in [0.05, 0.1) is 38.6 Å². The van der Waals surface area contributed by atoms with Crippen LogP contribution in [-0.4, -0.2) is 86.9 Å². The maximum Gasteiger partial charge on any atom is 0.435 e. The lowest BCUT2D eigenvalue weighted by molar-refractivity contribution is -0.459. The van der Waals surface area contributed by atoms with Crippen LogP contribution in [-0.2, 0) is 25.4 Å². The number of fused-ring (bicyclic) bond motifs is 5. The number of benzene rings is 1. The fourth-order valence-corrected chi connectivity index (χ4v) is 8.50. The standard InChI is InChI=1S/C30H29F18IO5/c1-22-7-6-17-16-5-3-15(54-49)12-14(16)2-4-18(17)19(22)13-20(50-8-10-52-23(25(31,32)33,26(34,35)36)27(37,38)39)21(22)51-9-11-53-24(28(40,41)42,29(43,44)45)30(46,47)48/h3,5,12,17-21H,2,4,6-11,13H2,1H3/t17?,18-,19?,20-,21+,22+/m1/s1. The van der Waals surface area contributed by atoms with Crippen molar-refractivity contribution in [2.24, 2.45) is 17.3 Å². The van der Waals surface area contributed by atoms with Gasteiger partial charge in [0.2, 0.25) is 0 Å². The van der Waals surface area contributed by atoms with E-state index in [1.807, 2.05) is 0 Å². The van der Waals surface area contributed by atoms with Gasteiger partial charge in [-0.1, -0.05) is 13.0 Å². The van der Waals surface area contributed by atoms with E-state index in [4.69, 9.17) is 12.5 Å². The second-order valence-corrected chi connectivity index (χ2v) is 13.8. The number of hydrogen-bond acceptors (Lipinski definition) is 5. The summed E-state index contributed by atoms with van der Waals surface area (Å²) in [5, 5.41) is 0. The van der Waals surface area contributed by atoms with E-state index in [1.165, 1.54) is 6.92 Å². The quantitative estimate of drug-likeness (QED) is 0.126. The lowest BCUT2D eigenvalue weighted by atomic mass is 9.55. The summed E-state index contributed by atoms with van der Waals surface area (Å²) >= 11 is 1.67. The lowest BCUT2D eigenvalue weighted by Crippen LogP contribution is -2.68. The molecular weight excluding hydrogens is 909 g/mol. The molecular formula is C30H29F18IO5. The molecule has 24 heteroatoms. The highest BCUT2D eigenvalue weighted by Crippen LogP contribution is 2.63. The van der Waals surface area contributed by atoms with E-state index in [9.17, 15) is 79.0 Å². The van der Waals surface area contributed by atoms with Crippen molar-refractivity contribution in [2.45, 2.75) is 105 Å². The van der Waals surface area contributed by atoms with Gasteiger partial charge in [0.25, 0.3) is 0 Å². The summed E-state index contributed by atoms with van der Waals surface area (Å²) < 4.78 is 263. The molecule has 0 spiro atoms. The highest BCUT2D eigenvalue weighted by Gasteiger charge is 2.86. The second-order valence-electron chi connectivity index (χ2n) is 13.4. The Morgan fingerprint density at radius 3 is 1.56 bits per heavy atom. The summed E-state index contributed by atoms with van der Waals surface area (Å²) in [4.78, 5) is 0. The summed E-state index contributed by atoms with van der Waals surface area (Å²) in [6.07, 6.45) is -44.1. The molecule has 0 N–H and O–H groups in total. The van der Waals surface area contributed by atoms with Crippen LogP contribution in [0.1, 0.15) is 49.7 Å². The van der Waals surface area contributed by atoms with Gasteiger partial charge < -0.3 is 22.0 Å². The Morgan fingerprint density at radius 2 is 1.11 bits per heavy atom. The van der Waals surface area contributed by atoms with Crippen molar-refractivity contribution in [3.05, 3.63) is 29.3 Å². The zero-order valence-corrected chi connectivity index (χ0v) is 29.4. The van der Waals surface area contributed by atoms with Crippen LogP contribution in [0.3, 0.4) is 0 Å². The molecule has 0 aliphatic heterocycles. The number of aryl methyl sites for hydroxylation is 1. The van der Waals surface area contributed by atoms with Gasteiger partial charge in [-0.05, 0) is 78.5 Å². The minimum Gasteiger partial charge on any atom is -0.428 e. The van der Waals surface area contributed by atoms with E-state index >= 15 is 0 Å². The lowest BCUT2D eigenvalue weighted by Gasteiger charge is -2.50. The predicted molar refractivity (Wildman–Crippen MR) is 154 cm³/mol. The third-order valence-corrected chi connectivity index (χ3v) is 11.0. The summed E-state index contributed by atoms with van der Waals surface area (Å²) in [5.74, 6) is -0.438. The Balaban J connectivity index is 1.60. The number of hydrogen-bond donors (Lipinski definition) is 0. The van der Waals surface area contributed by atoms with Crippen LogP contribution in [0.4, 0.5) is 79.0 Å². The average Bonchev–Trinajstić information content (AvgIpc) is 3.27. The predicted octanol–water partition coefficient (Wildman–Crippen LogP) is 10.5. The van der Waals surface area contributed by atoms with Gasteiger partial charge in [0.15, 0.2) is 23.0 Å². The van der Waals surface area contributed by atoms with E-state index in [0.717, 1.165) is 11.1 Å². The van der Waals surface area contributed by atoms with Crippen LogP contribution < -0.4 is 3.07 Å². The molecule has 0 amide bonds. The molecule has 1 aromatic carbocycles. The Morgan fingerprint density at radius 1 is 0.648 bits per heavy atom. The van der Waals surface area contributed by atoms with Crippen LogP contribution >= 0.6 is 23.0 Å². The third-order valence-electron chi connectivity index (χ3n) is 10.5. The minimum atomic E-state index is -7.06. The van der Waals surface area contributed by atoms with E-state index in [1.54, 1.807) is 41.2 Å². The average molecular weight is 938 g/mol. The highest BCUT2D eigenvalue weighted by molar-refractivity contribution is 14.1. The van der Waals surface area contributed by atoms with Crippen molar-refractivity contribution in [1.82, 2.24) is 0 Å². The van der Waals surface area contributed by atoms with Crippen LogP contribution in [0.15, 0.2) is 18.2 Å². The molecule has 312 valence electrons. The normalized spacial score (nSPS) is 27.4. The number of alkyl halides is 18. The van der Waals surface area contributed by atoms with Gasteiger partial charge in [-0.25, -0.2) is 0 Å². The second kappa shape index (κ2) is 14.9. The molecule has 4 rings (SSSR count). The summed E-state index contributed by atoms with van der Waals surface area (Å²) in [5.41, 5.74) is -12.6. The molecule has 0 aromatic heterocycles. The fourth-order valence-electron chi connectivity index (χ4n) is 8.22. The van der Waals surface area contributed by atoms with Gasteiger partial charge >= 0.3 is 48.3 Å². The maximum atomic E-state index is 13.4. The zero-order valence-electron chi connectivity index (χ0n) is 27.2. The SMILES string of the molecule is C[C@]12CCC3c4ccc(OI)cc4CC[C@H]3C1C[C@@H](OCCOC(C(F)(F)F)(C(F)(F)F)C(F)(F)F)[C@@H]2OCCOC(C(F)(F)F)(C(F)(F)F)C(F)(F)F. The van der Waals surface area contributed by atoms with Crippen LogP contribution in [0, 0.1) is 17.3 Å².